The topological polar surface area (TPSA) is 72.9 Å². The monoisotopic (exact) mass is 282 g/mol. The smallest absolute Gasteiger partial charge is 0.224 e. The molecule has 5 nitrogen and oxygen atoms in total. The van der Waals surface area contributed by atoms with Crippen molar-refractivity contribution in [3.05, 3.63) is 18.7 Å². The van der Waals surface area contributed by atoms with Crippen LogP contribution in [0.3, 0.4) is 0 Å². The normalized spacial score (nSPS) is 12.9. The van der Waals surface area contributed by atoms with Crippen LogP contribution in [-0.2, 0) is 11.3 Å². The van der Waals surface area contributed by atoms with E-state index in [1.54, 1.807) is 12.5 Å². The van der Waals surface area contributed by atoms with Gasteiger partial charge in [0.15, 0.2) is 0 Å². The first-order valence-corrected chi connectivity index (χ1v) is 5.10. The molecular formula is C10H20Cl2N4O. The van der Waals surface area contributed by atoms with Gasteiger partial charge in [0.05, 0.1) is 6.33 Å². The fraction of sp³-hybridized carbons (Fsp3) is 0.600. The number of rotatable bonds is 5. The van der Waals surface area contributed by atoms with Gasteiger partial charge >= 0.3 is 0 Å². The van der Waals surface area contributed by atoms with Crippen molar-refractivity contribution in [1.29, 1.82) is 0 Å². The highest BCUT2D eigenvalue weighted by Gasteiger charge is 2.15. The lowest BCUT2D eigenvalue weighted by Crippen LogP contribution is -2.39. The van der Waals surface area contributed by atoms with E-state index >= 15 is 0 Å². The fourth-order valence-corrected chi connectivity index (χ4v) is 1.13. The summed E-state index contributed by atoms with van der Waals surface area (Å²) in [6.45, 7) is 5.00. The van der Waals surface area contributed by atoms with E-state index in [0.717, 1.165) is 6.54 Å². The van der Waals surface area contributed by atoms with E-state index < -0.39 is 0 Å². The molecule has 0 saturated carbocycles. The minimum absolute atomic E-state index is 0. The van der Waals surface area contributed by atoms with E-state index in [0.29, 0.717) is 6.54 Å². The first kappa shape index (κ1) is 18.6. The molecule has 0 bridgehead atoms. The summed E-state index contributed by atoms with van der Waals surface area (Å²) in [5, 5.41) is 2.83. The van der Waals surface area contributed by atoms with Crippen LogP contribution in [0.25, 0.3) is 0 Å². The van der Waals surface area contributed by atoms with Gasteiger partial charge in [-0.2, -0.15) is 0 Å². The Hall–Kier alpha value is -0.780. The molecule has 1 rings (SSSR count). The second kappa shape index (κ2) is 9.27. The third kappa shape index (κ3) is 6.51. The molecule has 2 atom stereocenters. The average Bonchev–Trinajstić information content (AvgIpc) is 2.69. The first-order valence-electron chi connectivity index (χ1n) is 5.10. The van der Waals surface area contributed by atoms with Crippen LogP contribution in [0.4, 0.5) is 0 Å². The summed E-state index contributed by atoms with van der Waals surface area (Å²) in [5.74, 6) is -0.141. The van der Waals surface area contributed by atoms with Crippen LogP contribution in [0.15, 0.2) is 18.7 Å². The number of hydrogen-bond donors (Lipinski definition) is 2. The number of carbonyl (C=O) groups excluding carboxylic acids is 1. The Morgan fingerprint density at radius 2 is 2.12 bits per heavy atom. The highest BCUT2D eigenvalue weighted by atomic mass is 35.5. The number of nitrogens with two attached hydrogens (primary N) is 1. The van der Waals surface area contributed by atoms with Crippen molar-refractivity contribution in [3.8, 4) is 0 Å². The van der Waals surface area contributed by atoms with Gasteiger partial charge < -0.3 is 15.6 Å². The molecule has 100 valence electrons. The maximum atomic E-state index is 11.5. The molecule has 0 saturated heterocycles. The van der Waals surface area contributed by atoms with Gasteiger partial charge in [-0.1, -0.05) is 6.92 Å². The zero-order valence-electron chi connectivity index (χ0n) is 10.00. The van der Waals surface area contributed by atoms with Gasteiger partial charge in [-0.25, -0.2) is 4.98 Å². The lowest BCUT2D eigenvalue weighted by Gasteiger charge is -2.15. The molecule has 7 heteroatoms. The van der Waals surface area contributed by atoms with Crippen molar-refractivity contribution in [1.82, 2.24) is 14.9 Å². The number of amides is 1. The van der Waals surface area contributed by atoms with Crippen LogP contribution >= 0.6 is 24.8 Å². The number of hydrogen-bond acceptors (Lipinski definition) is 3. The summed E-state index contributed by atoms with van der Waals surface area (Å²) in [5.41, 5.74) is 5.63. The van der Waals surface area contributed by atoms with Crippen molar-refractivity contribution in [2.75, 3.05) is 6.54 Å². The van der Waals surface area contributed by atoms with Crippen LogP contribution in [0.5, 0.6) is 0 Å². The molecule has 0 aliphatic heterocycles. The second-order valence-electron chi connectivity index (χ2n) is 3.74. The Morgan fingerprint density at radius 1 is 1.47 bits per heavy atom. The Balaban J connectivity index is 0. The first-order chi connectivity index (χ1) is 7.11. The van der Waals surface area contributed by atoms with Crippen LogP contribution in [0.1, 0.15) is 13.8 Å². The van der Waals surface area contributed by atoms with Gasteiger partial charge in [-0.05, 0) is 6.92 Å². The quantitative estimate of drug-likeness (QED) is 0.840. The van der Waals surface area contributed by atoms with E-state index in [1.807, 2.05) is 24.6 Å². The van der Waals surface area contributed by atoms with E-state index in [4.69, 9.17) is 5.73 Å². The van der Waals surface area contributed by atoms with Gasteiger partial charge in [-0.15, -0.1) is 24.8 Å². The molecule has 17 heavy (non-hydrogen) atoms. The van der Waals surface area contributed by atoms with Crippen molar-refractivity contribution < 1.29 is 4.79 Å². The molecule has 0 fully saturated rings. The van der Waals surface area contributed by atoms with Gasteiger partial charge in [0, 0.05) is 37.4 Å². The SMILES string of the molecule is CC(N)C(C)C(=O)NCCn1ccnc1.Cl.Cl. The highest BCUT2D eigenvalue weighted by molar-refractivity contribution is 5.85. The number of imidazole rings is 1. The molecule has 3 N–H and O–H groups in total. The minimum atomic E-state index is -0.146. The maximum absolute atomic E-state index is 11.5. The van der Waals surface area contributed by atoms with Crippen molar-refractivity contribution in [2.24, 2.45) is 11.7 Å². The number of nitrogens with zero attached hydrogens (tertiary/aromatic N) is 2. The number of aromatic nitrogens is 2. The largest absolute Gasteiger partial charge is 0.354 e. The molecule has 0 spiro atoms. The summed E-state index contributed by atoms with van der Waals surface area (Å²) in [6, 6.07) is -0.113. The predicted octanol–water partition coefficient (Wildman–Crippen LogP) is 0.826. The fourth-order valence-electron chi connectivity index (χ4n) is 1.13. The van der Waals surface area contributed by atoms with Crippen LogP contribution < -0.4 is 11.1 Å². The van der Waals surface area contributed by atoms with E-state index in [9.17, 15) is 4.79 Å². The molecule has 0 aromatic carbocycles. The Kier molecular flexibility index (Phi) is 10.1. The third-order valence-electron chi connectivity index (χ3n) is 2.43. The van der Waals surface area contributed by atoms with Crippen molar-refractivity contribution in [2.45, 2.75) is 26.4 Å². The molecule has 2 unspecified atom stereocenters. The second-order valence-corrected chi connectivity index (χ2v) is 3.74. The van der Waals surface area contributed by atoms with Crippen molar-refractivity contribution in [3.63, 3.8) is 0 Å². The van der Waals surface area contributed by atoms with Crippen LogP contribution in [0.2, 0.25) is 0 Å². The molecule has 1 aromatic heterocycles. The number of nitrogens with one attached hydrogen (secondary N) is 1. The zero-order valence-corrected chi connectivity index (χ0v) is 11.6. The molecule has 1 heterocycles. The third-order valence-corrected chi connectivity index (χ3v) is 2.43. The lowest BCUT2D eigenvalue weighted by atomic mass is 10.0. The molecule has 0 radical (unpaired) electrons. The van der Waals surface area contributed by atoms with Gasteiger partial charge in [0.1, 0.15) is 0 Å². The van der Waals surface area contributed by atoms with Gasteiger partial charge in [0.2, 0.25) is 5.91 Å². The molecule has 0 aliphatic rings. The highest BCUT2D eigenvalue weighted by Crippen LogP contribution is 1.98. The van der Waals surface area contributed by atoms with Crippen molar-refractivity contribution >= 4 is 30.7 Å². The summed E-state index contributed by atoms with van der Waals surface area (Å²) >= 11 is 0. The Bertz CT molecular complexity index is 303. The Labute approximate surface area is 114 Å². The summed E-state index contributed by atoms with van der Waals surface area (Å²) in [7, 11) is 0. The summed E-state index contributed by atoms with van der Waals surface area (Å²) < 4.78 is 1.91. The number of halogens is 2. The van der Waals surface area contributed by atoms with E-state index in [-0.39, 0.29) is 42.7 Å². The molecule has 1 amide bonds. The zero-order chi connectivity index (χ0) is 11.3. The average molecular weight is 283 g/mol. The predicted molar refractivity (Wildman–Crippen MR) is 72.5 cm³/mol. The lowest BCUT2D eigenvalue weighted by molar-refractivity contribution is -0.124. The summed E-state index contributed by atoms with van der Waals surface area (Å²) in [6.07, 6.45) is 5.30. The standard InChI is InChI=1S/C10H18N4O.2ClH/c1-8(9(2)11)10(15)13-4-6-14-5-3-12-7-14;;/h3,5,7-9H,4,6,11H2,1-2H3,(H,13,15);2*1H. The molecule has 1 aromatic rings. The van der Waals surface area contributed by atoms with E-state index in [1.165, 1.54) is 0 Å². The van der Waals surface area contributed by atoms with E-state index in [2.05, 4.69) is 10.3 Å². The molecule has 0 aliphatic carbocycles. The van der Waals surface area contributed by atoms with Crippen LogP contribution in [-0.4, -0.2) is 28.0 Å². The van der Waals surface area contributed by atoms with Crippen LogP contribution in [0, 0.1) is 5.92 Å². The van der Waals surface area contributed by atoms with Gasteiger partial charge in [-0.3, -0.25) is 4.79 Å². The summed E-state index contributed by atoms with van der Waals surface area (Å²) in [4.78, 5) is 15.4. The minimum Gasteiger partial charge on any atom is -0.354 e. The number of carbonyl (C=O) groups is 1. The Morgan fingerprint density at radius 3 is 2.59 bits per heavy atom. The van der Waals surface area contributed by atoms with Gasteiger partial charge in [0.25, 0.3) is 0 Å². The molecular weight excluding hydrogens is 263 g/mol. The maximum Gasteiger partial charge on any atom is 0.224 e.